The van der Waals surface area contributed by atoms with Gasteiger partial charge in [0, 0.05) is 35.6 Å². The Morgan fingerprint density at radius 1 is 1.07 bits per heavy atom. The average molecular weight is 565 g/mol. The first-order chi connectivity index (χ1) is 20.3. The number of aromatic nitrogens is 1. The topological polar surface area (TPSA) is 107 Å². The van der Waals surface area contributed by atoms with E-state index in [4.69, 9.17) is 19.4 Å². The van der Waals surface area contributed by atoms with E-state index < -0.39 is 0 Å². The molecule has 0 spiro atoms. The number of amides is 1. The quantitative estimate of drug-likeness (QED) is 0.242. The number of aryl methyl sites for hydroxylation is 3. The van der Waals surface area contributed by atoms with Crippen molar-refractivity contribution >= 4 is 16.9 Å². The number of fused-ring (bicyclic) bond motifs is 1. The number of hydrogen-bond donors (Lipinski definition) is 2. The molecule has 8 nitrogen and oxygen atoms in total. The zero-order chi connectivity index (χ0) is 29.4. The van der Waals surface area contributed by atoms with Gasteiger partial charge in [-0.15, -0.1) is 0 Å². The molecule has 5 aromatic rings. The van der Waals surface area contributed by atoms with Gasteiger partial charge in [0.15, 0.2) is 0 Å². The Balaban J connectivity index is 1.26. The number of benzene rings is 3. The van der Waals surface area contributed by atoms with Crippen LogP contribution in [0.3, 0.4) is 0 Å². The van der Waals surface area contributed by atoms with Crippen molar-refractivity contribution in [2.45, 2.75) is 45.3 Å². The van der Waals surface area contributed by atoms with E-state index in [0.29, 0.717) is 0 Å². The molecule has 0 bridgehead atoms. The van der Waals surface area contributed by atoms with Crippen molar-refractivity contribution in [3.8, 4) is 5.75 Å². The Kier molecular flexibility index (Phi) is 7.58. The molecule has 1 fully saturated rings. The molecule has 8 heteroatoms. The highest BCUT2D eigenvalue weighted by Crippen LogP contribution is 2.38. The number of carbonyl (C=O) groups is 1. The molecule has 1 amide bonds. The first-order valence-corrected chi connectivity index (χ1v) is 14.2. The van der Waals surface area contributed by atoms with E-state index in [9.17, 15) is 4.79 Å². The van der Waals surface area contributed by atoms with Crippen LogP contribution in [0.25, 0.3) is 11.0 Å². The first-order valence-electron chi connectivity index (χ1n) is 14.2. The van der Waals surface area contributed by atoms with E-state index in [-0.39, 0.29) is 30.5 Å². The summed E-state index contributed by atoms with van der Waals surface area (Å²) in [7, 11) is 1.66. The van der Waals surface area contributed by atoms with Crippen LogP contribution in [-0.4, -0.2) is 42.2 Å². The Labute approximate surface area is 245 Å². The van der Waals surface area contributed by atoms with E-state index in [1.165, 1.54) is 0 Å². The Morgan fingerprint density at radius 3 is 2.55 bits per heavy atom. The normalized spacial score (nSPS) is 15.4. The zero-order valence-electron chi connectivity index (χ0n) is 24.4. The van der Waals surface area contributed by atoms with Crippen LogP contribution in [0.2, 0.25) is 0 Å². The third-order valence-corrected chi connectivity index (χ3v) is 8.04. The first kappa shape index (κ1) is 27.8. The molecule has 3 aromatic carbocycles. The van der Waals surface area contributed by atoms with E-state index in [2.05, 4.69) is 21.4 Å². The molecule has 2 unspecified atom stereocenters. The van der Waals surface area contributed by atoms with Gasteiger partial charge in [-0.2, -0.15) is 0 Å². The van der Waals surface area contributed by atoms with Crippen LogP contribution in [0, 0.1) is 20.8 Å². The molecule has 1 aliphatic rings. The van der Waals surface area contributed by atoms with Crippen molar-refractivity contribution < 1.29 is 18.5 Å². The van der Waals surface area contributed by atoms with Crippen LogP contribution in [0.1, 0.15) is 57.1 Å². The van der Waals surface area contributed by atoms with Gasteiger partial charge in [-0.1, -0.05) is 53.7 Å². The van der Waals surface area contributed by atoms with Crippen molar-refractivity contribution in [3.63, 3.8) is 0 Å². The highest BCUT2D eigenvalue weighted by atomic mass is 16.5. The van der Waals surface area contributed by atoms with Gasteiger partial charge in [0.05, 0.1) is 31.3 Å². The lowest BCUT2D eigenvalue weighted by atomic mass is 9.96. The Bertz CT molecular complexity index is 1700. The second-order valence-electron chi connectivity index (χ2n) is 11.2. The molecular formula is C34H36N4O4. The fourth-order valence-electron chi connectivity index (χ4n) is 5.94. The lowest BCUT2D eigenvalue weighted by Gasteiger charge is -2.41. The minimum absolute atomic E-state index is 0.0855. The van der Waals surface area contributed by atoms with Gasteiger partial charge in [-0.3, -0.25) is 9.69 Å². The summed E-state index contributed by atoms with van der Waals surface area (Å²) in [5.41, 5.74) is 12.6. The second-order valence-corrected chi connectivity index (χ2v) is 11.2. The van der Waals surface area contributed by atoms with Crippen molar-refractivity contribution in [1.29, 1.82) is 0 Å². The molecular weight excluding hydrogens is 528 g/mol. The number of ether oxygens (including phenoxy) is 1. The summed E-state index contributed by atoms with van der Waals surface area (Å²) in [6.45, 7) is 7.44. The minimum atomic E-state index is -0.350. The summed E-state index contributed by atoms with van der Waals surface area (Å²) in [5, 5.41) is 8.37. The summed E-state index contributed by atoms with van der Waals surface area (Å²) >= 11 is 0. The van der Waals surface area contributed by atoms with Crippen LogP contribution in [0.4, 0.5) is 0 Å². The molecule has 216 valence electrons. The molecule has 3 N–H and O–H groups in total. The number of likely N-dealkylation sites (tertiary alicyclic amines) is 1. The number of rotatable bonds is 9. The van der Waals surface area contributed by atoms with E-state index in [0.717, 1.165) is 74.8 Å². The molecule has 6 rings (SSSR count). The number of methoxy groups -OCH3 is 1. The fraction of sp³-hybridized carbons (Fsp3) is 0.294. The van der Waals surface area contributed by atoms with Crippen molar-refractivity contribution in [3.05, 3.63) is 118 Å². The average Bonchev–Trinajstić information content (AvgIpc) is 3.54. The molecule has 1 saturated heterocycles. The smallest absolute Gasteiger partial charge is 0.225 e. The lowest BCUT2D eigenvalue weighted by Crippen LogP contribution is -2.56. The third-order valence-electron chi connectivity index (χ3n) is 8.04. The van der Waals surface area contributed by atoms with E-state index >= 15 is 0 Å². The molecule has 3 heterocycles. The standard InChI is InChI=1S/C34H36N4O4/c1-20-10-12-27(29(14-20)40-4)33(24-8-6-5-7-9-24)36-31(39)16-23-11-13-28-25(15-23)17-30(41-28)34(38-18-26(35)19-38)32-21(2)37-42-22(32)3/h5-15,17,26,33-34H,16,18-19,35H2,1-4H3,(H,36,39). The third kappa shape index (κ3) is 5.43. The second kappa shape index (κ2) is 11.5. The number of hydrogen-bond acceptors (Lipinski definition) is 7. The van der Waals surface area contributed by atoms with E-state index in [1.807, 2.05) is 87.5 Å². The van der Waals surface area contributed by atoms with Gasteiger partial charge in [-0.25, -0.2) is 0 Å². The van der Waals surface area contributed by atoms with Crippen LogP contribution >= 0.6 is 0 Å². The van der Waals surface area contributed by atoms with Gasteiger partial charge in [0.25, 0.3) is 0 Å². The maximum absolute atomic E-state index is 13.5. The zero-order valence-corrected chi connectivity index (χ0v) is 24.4. The highest BCUT2D eigenvalue weighted by molar-refractivity contribution is 5.83. The molecule has 42 heavy (non-hydrogen) atoms. The monoisotopic (exact) mass is 564 g/mol. The molecule has 0 aliphatic carbocycles. The minimum Gasteiger partial charge on any atom is -0.496 e. The summed E-state index contributed by atoms with van der Waals surface area (Å²) in [5.74, 6) is 2.24. The number of nitrogens with two attached hydrogens (primary N) is 1. The fourth-order valence-corrected chi connectivity index (χ4v) is 5.94. The predicted octanol–water partition coefficient (Wildman–Crippen LogP) is 5.54. The number of carbonyl (C=O) groups excluding carboxylic acids is 1. The van der Waals surface area contributed by atoms with Gasteiger partial charge < -0.3 is 24.7 Å². The van der Waals surface area contributed by atoms with Gasteiger partial charge >= 0.3 is 0 Å². The maximum Gasteiger partial charge on any atom is 0.225 e. The van der Waals surface area contributed by atoms with Crippen LogP contribution in [0.15, 0.2) is 81.7 Å². The molecule has 0 radical (unpaired) electrons. The number of furan rings is 1. The van der Waals surface area contributed by atoms with Crippen LogP contribution in [-0.2, 0) is 11.2 Å². The van der Waals surface area contributed by atoms with Crippen LogP contribution < -0.4 is 15.8 Å². The van der Waals surface area contributed by atoms with E-state index in [1.54, 1.807) is 7.11 Å². The lowest BCUT2D eigenvalue weighted by molar-refractivity contribution is -0.120. The predicted molar refractivity (Wildman–Crippen MR) is 161 cm³/mol. The summed E-state index contributed by atoms with van der Waals surface area (Å²) in [4.78, 5) is 15.8. The summed E-state index contributed by atoms with van der Waals surface area (Å²) in [6.07, 6.45) is 0.224. The summed E-state index contributed by atoms with van der Waals surface area (Å²) < 4.78 is 17.6. The number of nitrogens with zero attached hydrogens (tertiary/aromatic N) is 2. The number of nitrogens with one attached hydrogen (secondary N) is 1. The van der Waals surface area contributed by atoms with Crippen molar-refractivity contribution in [2.24, 2.45) is 5.73 Å². The Hall–Kier alpha value is -4.40. The van der Waals surface area contributed by atoms with Crippen molar-refractivity contribution in [2.75, 3.05) is 20.2 Å². The van der Waals surface area contributed by atoms with Crippen molar-refractivity contribution in [1.82, 2.24) is 15.4 Å². The summed E-state index contributed by atoms with van der Waals surface area (Å²) in [6, 6.07) is 23.6. The molecule has 0 saturated carbocycles. The maximum atomic E-state index is 13.5. The largest absolute Gasteiger partial charge is 0.496 e. The molecule has 2 aromatic heterocycles. The van der Waals surface area contributed by atoms with Gasteiger partial charge in [-0.05, 0) is 61.7 Å². The SMILES string of the molecule is COc1cc(C)ccc1C(NC(=O)Cc1ccc2oc(C(c3c(C)noc3C)N3CC(N)C3)cc2c1)c1ccccc1. The Morgan fingerprint density at radius 2 is 1.86 bits per heavy atom. The highest BCUT2D eigenvalue weighted by Gasteiger charge is 2.37. The molecule has 2 atom stereocenters. The molecule has 1 aliphatic heterocycles. The van der Waals surface area contributed by atoms with Gasteiger partial charge in [0.2, 0.25) is 5.91 Å². The van der Waals surface area contributed by atoms with Crippen LogP contribution in [0.5, 0.6) is 5.75 Å². The van der Waals surface area contributed by atoms with Gasteiger partial charge in [0.1, 0.15) is 22.9 Å².